The summed E-state index contributed by atoms with van der Waals surface area (Å²) < 4.78 is 0. The van der Waals surface area contributed by atoms with Gasteiger partial charge in [-0.25, -0.2) is 0 Å². The highest BCUT2D eigenvalue weighted by Crippen LogP contribution is 2.06. The van der Waals surface area contributed by atoms with E-state index in [1.807, 2.05) is 30.3 Å². The van der Waals surface area contributed by atoms with Crippen LogP contribution in [0.4, 0.5) is 0 Å². The zero-order chi connectivity index (χ0) is 13.7. The van der Waals surface area contributed by atoms with Gasteiger partial charge in [0.25, 0.3) is 0 Å². The van der Waals surface area contributed by atoms with Crippen LogP contribution in [0.1, 0.15) is 12.6 Å². The van der Waals surface area contributed by atoms with Crippen molar-refractivity contribution >= 4 is 0 Å². The topological polar surface area (TPSA) is 83.2 Å². The third-order valence-corrected chi connectivity index (χ3v) is 2.92. The summed E-state index contributed by atoms with van der Waals surface area (Å²) in [5.41, 5.74) is 0.925. The van der Waals surface area contributed by atoms with Crippen LogP contribution in [0.15, 0.2) is 36.5 Å². The molecule has 0 unspecified atom stereocenters. The maximum absolute atomic E-state index is 9.18. The second kappa shape index (κ2) is 5.92. The van der Waals surface area contributed by atoms with Crippen LogP contribution in [0, 0.1) is 0 Å². The van der Waals surface area contributed by atoms with Crippen molar-refractivity contribution in [1.82, 2.24) is 20.3 Å². The molecule has 0 aliphatic rings. The third kappa shape index (κ3) is 3.37. The summed E-state index contributed by atoms with van der Waals surface area (Å²) in [5.74, 6) is 0. The SMILES string of the molecule is CC(CO)(CO)NCc1cnn(-c2ccccc2)n1. The Labute approximate surface area is 111 Å². The Morgan fingerprint density at radius 3 is 2.53 bits per heavy atom. The number of aromatic nitrogens is 3. The van der Waals surface area contributed by atoms with E-state index in [1.54, 1.807) is 17.9 Å². The van der Waals surface area contributed by atoms with Gasteiger partial charge in [0.1, 0.15) is 0 Å². The molecular weight excluding hydrogens is 244 g/mol. The number of hydrogen-bond acceptors (Lipinski definition) is 5. The van der Waals surface area contributed by atoms with Gasteiger partial charge in [-0.1, -0.05) is 18.2 Å². The van der Waals surface area contributed by atoms with Crippen LogP contribution < -0.4 is 5.32 Å². The molecule has 0 amide bonds. The highest BCUT2D eigenvalue weighted by atomic mass is 16.3. The minimum absolute atomic E-state index is 0.143. The molecule has 6 nitrogen and oxygen atoms in total. The number of rotatable bonds is 6. The monoisotopic (exact) mass is 262 g/mol. The lowest BCUT2D eigenvalue weighted by atomic mass is 10.1. The summed E-state index contributed by atoms with van der Waals surface area (Å²) in [6.07, 6.45) is 1.66. The Morgan fingerprint density at radius 1 is 1.21 bits per heavy atom. The van der Waals surface area contributed by atoms with Gasteiger partial charge in [-0.2, -0.15) is 15.0 Å². The van der Waals surface area contributed by atoms with E-state index in [-0.39, 0.29) is 13.2 Å². The van der Waals surface area contributed by atoms with Gasteiger partial charge >= 0.3 is 0 Å². The fraction of sp³-hybridized carbons (Fsp3) is 0.385. The number of aliphatic hydroxyl groups excluding tert-OH is 2. The minimum atomic E-state index is -0.712. The van der Waals surface area contributed by atoms with Gasteiger partial charge in [0.15, 0.2) is 0 Å². The van der Waals surface area contributed by atoms with Crippen LogP contribution in [-0.4, -0.2) is 44.0 Å². The fourth-order valence-electron chi connectivity index (χ4n) is 1.53. The summed E-state index contributed by atoms with van der Waals surface area (Å²) in [5, 5.41) is 29.9. The summed E-state index contributed by atoms with van der Waals surface area (Å²) in [6, 6.07) is 9.62. The lowest BCUT2D eigenvalue weighted by molar-refractivity contribution is 0.103. The molecule has 0 atom stereocenters. The van der Waals surface area contributed by atoms with E-state index in [1.165, 1.54) is 0 Å². The highest BCUT2D eigenvalue weighted by Gasteiger charge is 2.21. The minimum Gasteiger partial charge on any atom is -0.394 e. The van der Waals surface area contributed by atoms with E-state index in [2.05, 4.69) is 15.5 Å². The predicted molar refractivity (Wildman–Crippen MR) is 70.8 cm³/mol. The van der Waals surface area contributed by atoms with Gasteiger partial charge in [0.05, 0.1) is 36.3 Å². The molecule has 0 saturated carbocycles. The van der Waals surface area contributed by atoms with Crippen molar-refractivity contribution in [3.05, 3.63) is 42.2 Å². The molecule has 1 heterocycles. The van der Waals surface area contributed by atoms with Crippen molar-refractivity contribution in [2.45, 2.75) is 19.0 Å². The van der Waals surface area contributed by atoms with E-state index < -0.39 is 5.54 Å². The average molecular weight is 262 g/mol. The van der Waals surface area contributed by atoms with Crippen molar-refractivity contribution in [1.29, 1.82) is 0 Å². The zero-order valence-corrected chi connectivity index (χ0v) is 10.8. The average Bonchev–Trinajstić information content (AvgIpc) is 2.95. The van der Waals surface area contributed by atoms with Crippen LogP contribution in [0.5, 0.6) is 0 Å². The lowest BCUT2D eigenvalue weighted by Gasteiger charge is -2.25. The summed E-state index contributed by atoms with van der Waals surface area (Å²) in [4.78, 5) is 1.55. The summed E-state index contributed by atoms with van der Waals surface area (Å²) >= 11 is 0. The van der Waals surface area contributed by atoms with Crippen LogP contribution in [0.25, 0.3) is 5.69 Å². The molecule has 0 aliphatic heterocycles. The van der Waals surface area contributed by atoms with Crippen molar-refractivity contribution in [3.8, 4) is 5.69 Å². The molecule has 0 aliphatic carbocycles. The molecular formula is C13H18N4O2. The lowest BCUT2D eigenvalue weighted by Crippen LogP contribution is -2.48. The molecule has 6 heteroatoms. The van der Waals surface area contributed by atoms with Crippen LogP contribution in [-0.2, 0) is 6.54 Å². The quantitative estimate of drug-likeness (QED) is 0.688. The number of benzene rings is 1. The Bertz CT molecular complexity index is 508. The molecule has 102 valence electrons. The second-order valence-electron chi connectivity index (χ2n) is 4.69. The van der Waals surface area contributed by atoms with Crippen molar-refractivity contribution in [3.63, 3.8) is 0 Å². The molecule has 1 aromatic heterocycles. The highest BCUT2D eigenvalue weighted by molar-refractivity contribution is 5.28. The molecule has 0 fully saturated rings. The normalized spacial score (nSPS) is 11.7. The summed E-state index contributed by atoms with van der Waals surface area (Å²) in [7, 11) is 0. The zero-order valence-electron chi connectivity index (χ0n) is 10.8. The molecule has 0 saturated heterocycles. The van der Waals surface area contributed by atoms with Crippen molar-refractivity contribution in [2.75, 3.05) is 13.2 Å². The van der Waals surface area contributed by atoms with E-state index in [9.17, 15) is 10.2 Å². The number of hydrogen-bond donors (Lipinski definition) is 3. The summed E-state index contributed by atoms with van der Waals surface area (Å²) in [6.45, 7) is 1.89. The number of nitrogens with zero attached hydrogens (tertiary/aromatic N) is 3. The molecule has 0 bridgehead atoms. The number of nitrogens with one attached hydrogen (secondary N) is 1. The fourth-order valence-corrected chi connectivity index (χ4v) is 1.53. The first-order valence-electron chi connectivity index (χ1n) is 6.10. The van der Waals surface area contributed by atoms with Crippen molar-refractivity contribution < 1.29 is 10.2 Å². The Balaban J connectivity index is 2.02. The molecule has 19 heavy (non-hydrogen) atoms. The van der Waals surface area contributed by atoms with E-state index >= 15 is 0 Å². The Hall–Kier alpha value is -1.76. The van der Waals surface area contributed by atoms with Gasteiger partial charge in [-0.05, 0) is 19.1 Å². The van der Waals surface area contributed by atoms with Gasteiger partial charge in [0, 0.05) is 6.54 Å². The first kappa shape index (κ1) is 13.7. The molecule has 1 aromatic carbocycles. The molecule has 3 N–H and O–H groups in total. The van der Waals surface area contributed by atoms with E-state index in [4.69, 9.17) is 0 Å². The van der Waals surface area contributed by atoms with Gasteiger partial charge in [-0.15, -0.1) is 0 Å². The molecule has 0 radical (unpaired) electrons. The molecule has 2 aromatic rings. The molecule has 2 rings (SSSR count). The maximum atomic E-state index is 9.18. The van der Waals surface area contributed by atoms with Gasteiger partial charge in [-0.3, -0.25) is 0 Å². The second-order valence-corrected chi connectivity index (χ2v) is 4.69. The van der Waals surface area contributed by atoms with E-state index in [0.717, 1.165) is 11.4 Å². The maximum Gasteiger partial charge on any atom is 0.0969 e. The van der Waals surface area contributed by atoms with E-state index in [0.29, 0.717) is 6.54 Å². The van der Waals surface area contributed by atoms with Crippen LogP contribution in [0.2, 0.25) is 0 Å². The first-order valence-corrected chi connectivity index (χ1v) is 6.10. The smallest absolute Gasteiger partial charge is 0.0969 e. The van der Waals surface area contributed by atoms with Gasteiger partial charge < -0.3 is 15.5 Å². The van der Waals surface area contributed by atoms with Crippen molar-refractivity contribution in [2.24, 2.45) is 0 Å². The molecule has 0 spiro atoms. The number of aliphatic hydroxyl groups is 2. The number of para-hydroxylation sites is 1. The van der Waals surface area contributed by atoms with Gasteiger partial charge in [0.2, 0.25) is 0 Å². The third-order valence-electron chi connectivity index (χ3n) is 2.92. The first-order chi connectivity index (χ1) is 9.17. The standard InChI is InChI=1S/C13H18N4O2/c1-13(9-18,10-19)14-7-11-8-15-17(16-11)12-5-3-2-4-6-12/h2-6,8,14,18-19H,7,9-10H2,1H3. The Morgan fingerprint density at radius 2 is 1.89 bits per heavy atom. The van der Waals surface area contributed by atoms with Crippen LogP contribution >= 0.6 is 0 Å². The largest absolute Gasteiger partial charge is 0.394 e. The predicted octanol–water partition coefficient (Wildman–Crippen LogP) is 0.100. The van der Waals surface area contributed by atoms with Crippen LogP contribution in [0.3, 0.4) is 0 Å². The Kier molecular flexibility index (Phi) is 4.26.